The third-order valence-corrected chi connectivity index (χ3v) is 4.79. The smallest absolute Gasteiger partial charge is 0.241 e. The molecule has 8 heteroatoms. The van der Waals surface area contributed by atoms with Crippen molar-refractivity contribution in [3.8, 4) is 0 Å². The van der Waals surface area contributed by atoms with Crippen LogP contribution in [0.5, 0.6) is 0 Å². The molecule has 0 fully saturated rings. The first-order valence-electron chi connectivity index (χ1n) is 6.05. The van der Waals surface area contributed by atoms with Crippen molar-refractivity contribution >= 4 is 38.9 Å². The fourth-order valence-corrected chi connectivity index (χ4v) is 3.64. The summed E-state index contributed by atoms with van der Waals surface area (Å²) in [6, 6.07) is 1.90. The van der Waals surface area contributed by atoms with Gasteiger partial charge in [0.2, 0.25) is 10.0 Å². The van der Waals surface area contributed by atoms with Crippen LogP contribution in [0.15, 0.2) is 17.0 Å². The van der Waals surface area contributed by atoms with Crippen LogP contribution in [0.4, 0.5) is 5.69 Å². The van der Waals surface area contributed by atoms with Crippen LogP contribution in [0.2, 0.25) is 10.0 Å². The van der Waals surface area contributed by atoms with E-state index in [0.29, 0.717) is 6.42 Å². The van der Waals surface area contributed by atoms with E-state index in [-0.39, 0.29) is 33.2 Å². The molecule has 0 saturated heterocycles. The summed E-state index contributed by atoms with van der Waals surface area (Å²) in [7, 11) is -3.81. The molecule has 1 atom stereocenters. The Morgan fingerprint density at radius 3 is 2.20 bits per heavy atom. The average molecular weight is 341 g/mol. The molecule has 0 heterocycles. The lowest BCUT2D eigenvalue weighted by Crippen LogP contribution is -2.38. The van der Waals surface area contributed by atoms with Crippen LogP contribution in [-0.2, 0) is 10.0 Å². The van der Waals surface area contributed by atoms with Gasteiger partial charge in [-0.3, -0.25) is 0 Å². The van der Waals surface area contributed by atoms with Crippen LogP contribution < -0.4 is 10.5 Å². The third-order valence-electron chi connectivity index (χ3n) is 2.66. The number of sulfonamides is 1. The number of nitrogens with one attached hydrogen (secondary N) is 1. The van der Waals surface area contributed by atoms with Crippen molar-refractivity contribution < 1.29 is 13.5 Å². The van der Waals surface area contributed by atoms with E-state index in [1.165, 1.54) is 12.1 Å². The number of aliphatic hydroxyl groups is 1. The minimum Gasteiger partial charge on any atom is -0.396 e. The molecule has 1 unspecified atom stereocenters. The summed E-state index contributed by atoms with van der Waals surface area (Å²) < 4.78 is 26.9. The molecule has 0 bridgehead atoms. The molecule has 1 aromatic rings. The number of hydrogen-bond donors (Lipinski definition) is 3. The first-order valence-corrected chi connectivity index (χ1v) is 8.29. The van der Waals surface area contributed by atoms with Crippen LogP contribution in [0.25, 0.3) is 0 Å². The van der Waals surface area contributed by atoms with Gasteiger partial charge in [-0.25, -0.2) is 13.1 Å². The first kappa shape index (κ1) is 17.5. The van der Waals surface area contributed by atoms with Gasteiger partial charge in [0.05, 0.1) is 27.2 Å². The monoisotopic (exact) mass is 340 g/mol. The number of nitrogen functional groups attached to an aromatic ring is 1. The van der Waals surface area contributed by atoms with Crippen LogP contribution in [0, 0.1) is 5.92 Å². The van der Waals surface area contributed by atoms with Crippen molar-refractivity contribution in [2.45, 2.75) is 31.2 Å². The highest BCUT2D eigenvalue weighted by Gasteiger charge is 2.22. The Morgan fingerprint density at radius 2 is 1.80 bits per heavy atom. The molecule has 0 saturated carbocycles. The Labute approximate surface area is 129 Å². The van der Waals surface area contributed by atoms with Crippen molar-refractivity contribution in [3.63, 3.8) is 0 Å². The van der Waals surface area contributed by atoms with E-state index in [0.717, 1.165) is 0 Å². The van der Waals surface area contributed by atoms with Crippen LogP contribution >= 0.6 is 23.2 Å². The molecule has 1 aromatic carbocycles. The molecule has 20 heavy (non-hydrogen) atoms. The van der Waals surface area contributed by atoms with Gasteiger partial charge in [0.25, 0.3) is 0 Å². The van der Waals surface area contributed by atoms with Gasteiger partial charge < -0.3 is 10.8 Å². The molecule has 0 aromatic heterocycles. The van der Waals surface area contributed by atoms with E-state index < -0.39 is 16.1 Å². The summed E-state index contributed by atoms with van der Waals surface area (Å²) in [5.74, 6) is 0.244. The second kappa shape index (κ2) is 6.95. The van der Waals surface area contributed by atoms with Crippen molar-refractivity contribution in [1.82, 2.24) is 4.72 Å². The second-order valence-electron chi connectivity index (χ2n) is 4.93. The molecule has 0 aliphatic carbocycles. The zero-order chi connectivity index (χ0) is 15.5. The zero-order valence-electron chi connectivity index (χ0n) is 11.2. The zero-order valence-corrected chi connectivity index (χ0v) is 13.6. The minimum absolute atomic E-state index is 0.0716. The van der Waals surface area contributed by atoms with Gasteiger partial charge in [-0.05, 0) is 24.5 Å². The predicted octanol–water partition coefficient (Wildman–Crippen LogP) is 2.26. The van der Waals surface area contributed by atoms with Crippen LogP contribution in [-0.4, -0.2) is 26.2 Å². The van der Waals surface area contributed by atoms with Crippen molar-refractivity contribution in [1.29, 1.82) is 0 Å². The highest BCUT2D eigenvalue weighted by Crippen LogP contribution is 2.30. The molecule has 0 radical (unpaired) electrons. The summed E-state index contributed by atoms with van der Waals surface area (Å²) in [5.41, 5.74) is 5.70. The molecule has 0 amide bonds. The molecular formula is C12H18Cl2N2O3S. The number of benzene rings is 1. The fourth-order valence-electron chi connectivity index (χ4n) is 1.73. The Kier molecular flexibility index (Phi) is 6.09. The maximum Gasteiger partial charge on any atom is 0.241 e. The standard InChI is InChI=1S/C12H18Cl2N2O3S/c1-7(2)3-8(6-17)16-20(18,19)9-4-10(13)12(15)11(14)5-9/h4-5,7-8,16-17H,3,6,15H2,1-2H3. The Balaban J connectivity index is 3.05. The van der Waals surface area contributed by atoms with Crippen LogP contribution in [0.1, 0.15) is 20.3 Å². The van der Waals surface area contributed by atoms with Gasteiger partial charge >= 0.3 is 0 Å². The van der Waals surface area contributed by atoms with Gasteiger partial charge in [-0.1, -0.05) is 37.0 Å². The van der Waals surface area contributed by atoms with Gasteiger partial charge in [0.1, 0.15) is 0 Å². The van der Waals surface area contributed by atoms with Gasteiger partial charge in [0.15, 0.2) is 0 Å². The average Bonchev–Trinajstić information content (AvgIpc) is 2.33. The second-order valence-corrected chi connectivity index (χ2v) is 7.46. The maximum atomic E-state index is 12.2. The number of anilines is 1. The number of hydrogen-bond acceptors (Lipinski definition) is 4. The van der Waals surface area contributed by atoms with E-state index in [4.69, 9.17) is 28.9 Å². The quantitative estimate of drug-likeness (QED) is 0.692. The highest BCUT2D eigenvalue weighted by molar-refractivity contribution is 7.89. The molecule has 0 aliphatic heterocycles. The molecule has 114 valence electrons. The largest absolute Gasteiger partial charge is 0.396 e. The summed E-state index contributed by atoms with van der Waals surface area (Å²) in [6.07, 6.45) is 0.520. The summed E-state index contributed by atoms with van der Waals surface area (Å²) in [5, 5.41) is 9.38. The maximum absolute atomic E-state index is 12.2. The fraction of sp³-hybridized carbons (Fsp3) is 0.500. The Bertz CT molecular complexity index is 553. The lowest BCUT2D eigenvalue weighted by molar-refractivity contribution is 0.240. The lowest BCUT2D eigenvalue weighted by Gasteiger charge is -2.18. The number of rotatable bonds is 6. The normalized spacial score (nSPS) is 13.7. The van der Waals surface area contributed by atoms with E-state index in [1.54, 1.807) is 0 Å². The van der Waals surface area contributed by atoms with Crippen molar-refractivity contribution in [2.24, 2.45) is 5.92 Å². The molecule has 1 rings (SSSR count). The number of halogens is 2. The minimum atomic E-state index is -3.81. The van der Waals surface area contributed by atoms with Crippen molar-refractivity contribution in [2.75, 3.05) is 12.3 Å². The van der Waals surface area contributed by atoms with Crippen LogP contribution in [0.3, 0.4) is 0 Å². The topological polar surface area (TPSA) is 92.4 Å². The first-order chi connectivity index (χ1) is 9.17. The summed E-state index contributed by atoms with van der Waals surface area (Å²) >= 11 is 11.7. The third kappa shape index (κ3) is 4.49. The lowest BCUT2D eigenvalue weighted by atomic mass is 10.1. The van der Waals surface area contributed by atoms with Crippen molar-refractivity contribution in [3.05, 3.63) is 22.2 Å². The number of nitrogens with two attached hydrogens (primary N) is 1. The van der Waals surface area contributed by atoms with E-state index in [2.05, 4.69) is 4.72 Å². The van der Waals surface area contributed by atoms with Gasteiger partial charge in [-0.2, -0.15) is 0 Å². The van der Waals surface area contributed by atoms with Gasteiger partial charge in [-0.15, -0.1) is 0 Å². The number of aliphatic hydroxyl groups excluding tert-OH is 1. The van der Waals surface area contributed by atoms with E-state index >= 15 is 0 Å². The molecular weight excluding hydrogens is 323 g/mol. The predicted molar refractivity (Wildman–Crippen MR) is 81.5 cm³/mol. The molecule has 4 N–H and O–H groups in total. The van der Waals surface area contributed by atoms with E-state index in [9.17, 15) is 13.5 Å². The Morgan fingerprint density at radius 1 is 1.30 bits per heavy atom. The summed E-state index contributed by atoms with van der Waals surface area (Å²) in [6.45, 7) is 3.59. The van der Waals surface area contributed by atoms with E-state index in [1.807, 2.05) is 13.8 Å². The van der Waals surface area contributed by atoms with Gasteiger partial charge in [0, 0.05) is 6.04 Å². The Hall–Kier alpha value is -0.530. The summed E-state index contributed by atoms with van der Waals surface area (Å²) in [4.78, 5) is -0.0797. The highest BCUT2D eigenvalue weighted by atomic mass is 35.5. The SMILES string of the molecule is CC(C)CC(CO)NS(=O)(=O)c1cc(Cl)c(N)c(Cl)c1. The molecule has 0 aliphatic rings. The molecule has 0 spiro atoms. The molecule has 5 nitrogen and oxygen atoms in total.